The predicted molar refractivity (Wildman–Crippen MR) is 146 cm³/mol. The van der Waals surface area contributed by atoms with Crippen LogP contribution in [0.1, 0.15) is 43.9 Å². The Balaban J connectivity index is 1.34. The Labute approximate surface area is 228 Å². The van der Waals surface area contributed by atoms with Crippen molar-refractivity contribution in [3.05, 3.63) is 66.2 Å². The Morgan fingerprint density at radius 2 is 2.00 bits per heavy atom. The molecule has 8 nitrogen and oxygen atoms in total. The summed E-state index contributed by atoms with van der Waals surface area (Å²) >= 11 is 0. The number of alkyl halides is 2. The third kappa shape index (κ3) is 8.16. The molecular weight excluding hydrogens is 502 g/mol. The summed E-state index contributed by atoms with van der Waals surface area (Å²) in [6.45, 7) is 2.87. The van der Waals surface area contributed by atoms with Gasteiger partial charge in [0.25, 0.3) is 18.6 Å². The number of hydrogen-bond acceptors (Lipinski definition) is 7. The van der Waals surface area contributed by atoms with Crippen LogP contribution in [-0.2, 0) is 17.6 Å². The zero-order valence-electron chi connectivity index (χ0n) is 22.3. The van der Waals surface area contributed by atoms with Gasteiger partial charge in [0.1, 0.15) is 18.1 Å². The molecule has 0 radical (unpaired) electrons. The van der Waals surface area contributed by atoms with E-state index in [-0.39, 0.29) is 12.3 Å². The molecule has 0 saturated heterocycles. The van der Waals surface area contributed by atoms with Gasteiger partial charge >= 0.3 is 0 Å². The number of benzene rings is 1. The minimum absolute atomic E-state index is 0.144. The molecule has 3 heterocycles. The zero-order valence-corrected chi connectivity index (χ0v) is 22.3. The van der Waals surface area contributed by atoms with Crippen LogP contribution in [0.3, 0.4) is 0 Å². The molecule has 1 aliphatic rings. The summed E-state index contributed by atoms with van der Waals surface area (Å²) in [7, 11) is 0. The van der Waals surface area contributed by atoms with Crippen LogP contribution in [0.4, 0.5) is 20.4 Å². The molecule has 10 heteroatoms. The van der Waals surface area contributed by atoms with E-state index in [2.05, 4.69) is 27.8 Å². The van der Waals surface area contributed by atoms with Gasteiger partial charge in [0.05, 0.1) is 12.1 Å². The first kappa shape index (κ1) is 28.4. The zero-order chi connectivity index (χ0) is 27.6. The fourth-order valence-corrected chi connectivity index (χ4v) is 4.88. The smallest absolute Gasteiger partial charge is 0.271 e. The second-order valence-electron chi connectivity index (χ2n) is 9.95. The van der Waals surface area contributed by atoms with Gasteiger partial charge in [-0.25, -0.2) is 13.8 Å². The van der Waals surface area contributed by atoms with Gasteiger partial charge in [0.2, 0.25) is 0 Å². The number of Topliss-reactive ketones (excluding diaryl/α,β-unsaturated/α-hetero) is 1. The van der Waals surface area contributed by atoms with Gasteiger partial charge in [-0.1, -0.05) is 41.1 Å². The van der Waals surface area contributed by atoms with Gasteiger partial charge in [-0.2, -0.15) is 0 Å². The Morgan fingerprint density at radius 1 is 1.18 bits per heavy atom. The van der Waals surface area contributed by atoms with Crippen molar-refractivity contribution in [2.45, 2.75) is 57.9 Å². The second-order valence-corrected chi connectivity index (χ2v) is 9.95. The van der Waals surface area contributed by atoms with Crippen LogP contribution < -0.4 is 15.4 Å². The van der Waals surface area contributed by atoms with E-state index in [1.807, 2.05) is 30.3 Å². The van der Waals surface area contributed by atoms with Crippen molar-refractivity contribution in [2.24, 2.45) is 0 Å². The minimum Gasteiger partial charge on any atom is -0.371 e. The number of carbonyl (C=O) groups excluding carboxylic acids is 1. The first-order chi connectivity index (χ1) is 18.9. The molecule has 0 amide bonds. The number of halogens is 2. The van der Waals surface area contributed by atoms with Gasteiger partial charge in [-0.15, -0.1) is 4.98 Å². The molecular formula is C29H37F2N6O2+. The number of hydrogen-bond donors (Lipinski definition) is 3. The van der Waals surface area contributed by atoms with Crippen molar-refractivity contribution in [1.29, 1.82) is 0 Å². The fraction of sp³-hybridized carbons (Fsp3) is 0.448. The maximum Gasteiger partial charge on any atom is 0.271 e. The summed E-state index contributed by atoms with van der Waals surface area (Å²) in [4.78, 5) is 23.0. The molecule has 39 heavy (non-hydrogen) atoms. The highest BCUT2D eigenvalue weighted by atomic mass is 19.3. The van der Waals surface area contributed by atoms with Gasteiger partial charge < -0.3 is 10.5 Å². The summed E-state index contributed by atoms with van der Waals surface area (Å²) in [5.41, 5.74) is 3.70. The average Bonchev–Trinajstić information content (AvgIpc) is 2.93. The Morgan fingerprint density at radius 3 is 2.77 bits per heavy atom. The van der Waals surface area contributed by atoms with Gasteiger partial charge in [-0.3, -0.25) is 15.0 Å². The summed E-state index contributed by atoms with van der Waals surface area (Å²) in [6, 6.07) is 12.9. The van der Waals surface area contributed by atoms with E-state index in [9.17, 15) is 18.8 Å². The predicted octanol–water partition coefficient (Wildman–Crippen LogP) is 4.38. The Bertz CT molecular complexity index is 1230. The highest BCUT2D eigenvalue weighted by Gasteiger charge is 2.25. The van der Waals surface area contributed by atoms with Crippen LogP contribution >= 0.6 is 0 Å². The lowest BCUT2D eigenvalue weighted by Crippen LogP contribution is -2.41. The number of carbonyl (C=O) groups is 1. The molecule has 2 aromatic heterocycles. The van der Waals surface area contributed by atoms with Crippen molar-refractivity contribution in [3.8, 4) is 11.1 Å². The van der Waals surface area contributed by atoms with Crippen LogP contribution in [0.2, 0.25) is 0 Å². The van der Waals surface area contributed by atoms with Crippen molar-refractivity contribution in [3.63, 3.8) is 0 Å². The van der Waals surface area contributed by atoms with Crippen LogP contribution in [0.15, 0.2) is 55.0 Å². The number of rotatable bonds is 14. The molecule has 0 unspecified atom stereocenters. The number of aromatic nitrogens is 3. The van der Waals surface area contributed by atoms with Crippen molar-refractivity contribution in [1.82, 2.24) is 14.9 Å². The first-order valence-electron chi connectivity index (χ1n) is 13.5. The van der Waals surface area contributed by atoms with E-state index in [1.54, 1.807) is 11.1 Å². The summed E-state index contributed by atoms with van der Waals surface area (Å²) in [6.07, 6.45) is 5.23. The molecule has 208 valence electrons. The number of fused-ring (bicyclic) bond motifs is 1. The number of ketones is 1. The lowest BCUT2D eigenvalue weighted by atomic mass is 10.1. The van der Waals surface area contributed by atoms with Crippen molar-refractivity contribution < 1.29 is 23.5 Å². The lowest BCUT2D eigenvalue weighted by Gasteiger charge is -2.24. The lowest BCUT2D eigenvalue weighted by molar-refractivity contribution is -0.895. The minimum atomic E-state index is -2.47. The summed E-state index contributed by atoms with van der Waals surface area (Å²) in [5, 5.41) is 16.9. The maximum atomic E-state index is 13.4. The molecule has 1 atom stereocenters. The summed E-state index contributed by atoms with van der Waals surface area (Å²) < 4.78 is 27.6. The van der Waals surface area contributed by atoms with Crippen molar-refractivity contribution >= 4 is 17.4 Å². The molecule has 0 bridgehead atoms. The molecule has 0 saturated carbocycles. The molecule has 4 rings (SSSR count). The highest BCUT2D eigenvalue weighted by molar-refractivity contribution is 5.85. The largest absolute Gasteiger partial charge is 0.371 e. The highest BCUT2D eigenvalue weighted by Crippen LogP contribution is 2.25. The van der Waals surface area contributed by atoms with Gasteiger partial charge in [-0.05, 0) is 62.8 Å². The first-order valence-corrected chi connectivity index (χ1v) is 13.5. The van der Waals surface area contributed by atoms with Crippen LogP contribution in [0, 0.1) is 0 Å². The number of unbranched alkanes of at least 4 members (excludes halogenated alkanes) is 1. The topological polar surface area (TPSA) is 94.3 Å². The maximum absolute atomic E-state index is 13.4. The van der Waals surface area contributed by atoms with E-state index < -0.39 is 12.5 Å². The number of pyridine rings is 1. The average molecular weight is 540 g/mol. The van der Waals surface area contributed by atoms with Crippen LogP contribution in [0.25, 0.3) is 11.1 Å². The third-order valence-corrected chi connectivity index (χ3v) is 6.99. The van der Waals surface area contributed by atoms with Gasteiger partial charge in [0.15, 0.2) is 5.78 Å². The fourth-order valence-electron chi connectivity index (χ4n) is 4.88. The standard InChI is InChI=1S/C29H36F2N6O2/c1-21(38)26(35-29-25(18-32-20-37(29)39)22-8-3-2-4-9-22)14-17-36(19-27(30)31)16-6-5-11-24-13-12-23-10-7-15-33-28(23)34-24/h2-4,8-9,12-13,18,20,26-27,39H,5-7,10-11,14-17,19H2,1H3,(H,33,34)/p+1/t26-/m0/s1. The normalized spacial score (nSPS) is 13.7. The molecule has 1 aliphatic heterocycles. The molecule has 0 aliphatic carbocycles. The molecule has 0 spiro atoms. The number of nitrogens with zero attached hydrogens (tertiary/aromatic N) is 4. The van der Waals surface area contributed by atoms with E-state index >= 15 is 0 Å². The number of nitrogens with one attached hydrogen (secondary N) is 2. The summed E-state index contributed by atoms with van der Waals surface area (Å²) in [5.74, 6) is 1.15. The van der Waals surface area contributed by atoms with Crippen LogP contribution in [0.5, 0.6) is 0 Å². The Hall–Kier alpha value is -3.66. The Kier molecular flexibility index (Phi) is 10.1. The van der Waals surface area contributed by atoms with E-state index in [0.29, 0.717) is 30.9 Å². The molecule has 1 aromatic carbocycles. The van der Waals surface area contributed by atoms with E-state index in [0.717, 1.165) is 60.5 Å². The third-order valence-electron chi connectivity index (χ3n) is 6.99. The number of aryl methyl sites for hydroxylation is 2. The van der Waals surface area contributed by atoms with E-state index in [1.165, 1.54) is 18.8 Å². The van der Waals surface area contributed by atoms with Crippen molar-refractivity contribution in [2.75, 3.05) is 36.8 Å². The quantitative estimate of drug-likeness (QED) is 0.159. The molecule has 3 aromatic rings. The van der Waals surface area contributed by atoms with E-state index in [4.69, 9.17) is 4.98 Å². The number of anilines is 2. The SMILES string of the molecule is CC(=O)[C@H](CCN(CCCCc1ccc2c(n1)NCCC2)CC(F)F)Nc1c(-c2ccccc2)cnc[n+]1O. The second kappa shape index (κ2) is 13.9. The molecule has 3 N–H and O–H groups in total. The van der Waals surface area contributed by atoms with Crippen LogP contribution in [-0.4, -0.2) is 64.5 Å². The molecule has 0 fully saturated rings. The van der Waals surface area contributed by atoms with Gasteiger partial charge in [0, 0.05) is 25.2 Å². The monoisotopic (exact) mass is 539 g/mol.